The van der Waals surface area contributed by atoms with Crippen LogP contribution in [0.1, 0.15) is 10.6 Å². The fourth-order valence-corrected chi connectivity index (χ4v) is 3.79. The Morgan fingerprint density at radius 2 is 1.64 bits per heavy atom. The lowest BCUT2D eigenvalue weighted by atomic mass is 10.1. The second-order valence-electron chi connectivity index (χ2n) is 7.33. The minimum absolute atomic E-state index is 0.0609. The standard InChI is InChI=1S/C22H20N4O7/c1-32-15-6-7-18(19(14-15)26(30)31)23-10-12-24(13-11-23)22(27)21-9-8-20(33-21)16-4-2-3-5-17(16)25(28)29/h2-9,14H,10-13H2,1H3. The van der Waals surface area contributed by atoms with Gasteiger partial charge in [0.05, 0.1) is 28.6 Å². The van der Waals surface area contributed by atoms with Gasteiger partial charge >= 0.3 is 0 Å². The van der Waals surface area contributed by atoms with Crippen LogP contribution in [-0.2, 0) is 0 Å². The van der Waals surface area contributed by atoms with Gasteiger partial charge in [-0.2, -0.15) is 0 Å². The van der Waals surface area contributed by atoms with E-state index >= 15 is 0 Å². The number of piperazine rings is 1. The number of hydrogen-bond donors (Lipinski definition) is 0. The summed E-state index contributed by atoms with van der Waals surface area (Å²) in [6.07, 6.45) is 0. The average Bonchev–Trinajstić information content (AvgIpc) is 3.33. The first-order valence-electron chi connectivity index (χ1n) is 10.1. The Bertz CT molecular complexity index is 1210. The molecule has 0 unspecified atom stereocenters. The third-order valence-electron chi connectivity index (χ3n) is 5.47. The van der Waals surface area contributed by atoms with Crippen molar-refractivity contribution in [3.05, 3.63) is 80.6 Å². The van der Waals surface area contributed by atoms with Crippen molar-refractivity contribution < 1.29 is 23.8 Å². The van der Waals surface area contributed by atoms with E-state index in [4.69, 9.17) is 9.15 Å². The number of ether oxygens (including phenoxy) is 1. The Labute approximate surface area is 188 Å². The predicted octanol–water partition coefficient (Wildman–Crippen LogP) is 3.73. The van der Waals surface area contributed by atoms with Gasteiger partial charge in [-0.15, -0.1) is 0 Å². The van der Waals surface area contributed by atoms with E-state index in [-0.39, 0.29) is 34.4 Å². The summed E-state index contributed by atoms with van der Waals surface area (Å²) in [6, 6.07) is 13.9. The number of benzene rings is 2. The van der Waals surface area contributed by atoms with Gasteiger partial charge in [-0.05, 0) is 30.3 Å². The highest BCUT2D eigenvalue weighted by Gasteiger charge is 2.28. The lowest BCUT2D eigenvalue weighted by molar-refractivity contribution is -0.384. The smallest absolute Gasteiger partial charge is 0.296 e. The Kier molecular flexibility index (Phi) is 5.94. The maximum atomic E-state index is 12.9. The first kappa shape index (κ1) is 21.8. The van der Waals surface area contributed by atoms with Crippen molar-refractivity contribution >= 4 is 23.0 Å². The Morgan fingerprint density at radius 3 is 2.30 bits per heavy atom. The summed E-state index contributed by atoms with van der Waals surface area (Å²) in [5, 5.41) is 22.7. The minimum Gasteiger partial charge on any atom is -0.496 e. The molecule has 1 aromatic heterocycles. The van der Waals surface area contributed by atoms with Crippen molar-refractivity contribution in [2.24, 2.45) is 0 Å². The SMILES string of the molecule is COc1ccc(N2CCN(C(=O)c3ccc(-c4ccccc4[N+](=O)[O-])o3)CC2)c([N+](=O)[O-])c1. The molecular formula is C22H20N4O7. The van der Waals surface area contributed by atoms with Crippen LogP contribution in [0, 0.1) is 20.2 Å². The van der Waals surface area contributed by atoms with E-state index in [1.807, 2.05) is 4.90 Å². The van der Waals surface area contributed by atoms with Crippen molar-refractivity contribution in [2.45, 2.75) is 0 Å². The number of anilines is 1. The molecule has 4 rings (SSSR count). The number of methoxy groups -OCH3 is 1. The normalized spacial score (nSPS) is 13.6. The van der Waals surface area contributed by atoms with Gasteiger partial charge in [-0.25, -0.2) is 0 Å². The van der Waals surface area contributed by atoms with Gasteiger partial charge in [0.15, 0.2) is 5.76 Å². The van der Waals surface area contributed by atoms with Gasteiger partial charge < -0.3 is 19.0 Å². The maximum Gasteiger partial charge on any atom is 0.296 e. The molecule has 0 bridgehead atoms. The fraction of sp³-hybridized carbons (Fsp3) is 0.227. The summed E-state index contributed by atoms with van der Waals surface area (Å²) in [5.74, 6) is 0.362. The summed E-state index contributed by atoms with van der Waals surface area (Å²) in [5.41, 5.74) is 0.581. The van der Waals surface area contributed by atoms with E-state index in [9.17, 15) is 25.0 Å². The summed E-state index contributed by atoms with van der Waals surface area (Å²) < 4.78 is 10.7. The van der Waals surface area contributed by atoms with Crippen molar-refractivity contribution in [3.63, 3.8) is 0 Å². The summed E-state index contributed by atoms with van der Waals surface area (Å²) in [6.45, 7) is 1.47. The molecule has 1 amide bonds. The first-order valence-corrected chi connectivity index (χ1v) is 10.1. The monoisotopic (exact) mass is 452 g/mol. The Morgan fingerprint density at radius 1 is 0.939 bits per heavy atom. The summed E-state index contributed by atoms with van der Waals surface area (Å²) in [7, 11) is 1.44. The highest BCUT2D eigenvalue weighted by Crippen LogP contribution is 2.33. The van der Waals surface area contributed by atoms with E-state index in [0.717, 1.165) is 0 Å². The molecule has 1 aliphatic heterocycles. The van der Waals surface area contributed by atoms with Gasteiger partial charge in [0.25, 0.3) is 17.3 Å². The van der Waals surface area contributed by atoms with Crippen molar-refractivity contribution in [1.82, 2.24) is 4.90 Å². The molecule has 1 fully saturated rings. The Hall–Kier alpha value is -4.41. The zero-order valence-corrected chi connectivity index (χ0v) is 17.7. The third kappa shape index (κ3) is 4.33. The zero-order valence-electron chi connectivity index (χ0n) is 17.7. The van der Waals surface area contributed by atoms with Crippen LogP contribution in [-0.4, -0.2) is 53.9 Å². The molecule has 0 radical (unpaired) electrons. The second-order valence-corrected chi connectivity index (χ2v) is 7.33. The number of furan rings is 1. The lowest BCUT2D eigenvalue weighted by Crippen LogP contribution is -2.48. The van der Waals surface area contributed by atoms with Gasteiger partial charge in [0.2, 0.25) is 0 Å². The molecule has 0 atom stereocenters. The van der Waals surface area contributed by atoms with Crippen LogP contribution in [0.25, 0.3) is 11.3 Å². The molecule has 0 aliphatic carbocycles. The molecule has 11 heteroatoms. The van der Waals surface area contributed by atoms with E-state index < -0.39 is 9.85 Å². The largest absolute Gasteiger partial charge is 0.496 e. The zero-order chi connectivity index (χ0) is 23.5. The van der Waals surface area contributed by atoms with Gasteiger partial charge in [0.1, 0.15) is 17.2 Å². The van der Waals surface area contributed by atoms with Gasteiger partial charge in [-0.1, -0.05) is 12.1 Å². The number of rotatable bonds is 6. The lowest BCUT2D eigenvalue weighted by Gasteiger charge is -2.35. The molecule has 2 heterocycles. The molecule has 0 spiro atoms. The van der Waals surface area contributed by atoms with Gasteiger partial charge in [0, 0.05) is 32.2 Å². The molecule has 170 valence electrons. The number of amides is 1. The van der Waals surface area contributed by atoms with E-state index in [1.165, 1.54) is 31.4 Å². The molecule has 1 saturated heterocycles. The van der Waals surface area contributed by atoms with Crippen LogP contribution in [0.4, 0.5) is 17.1 Å². The maximum absolute atomic E-state index is 12.9. The van der Waals surface area contributed by atoms with Crippen molar-refractivity contribution in [1.29, 1.82) is 0 Å². The number of nitrogens with zero attached hydrogens (tertiary/aromatic N) is 4. The molecule has 0 saturated carbocycles. The van der Waals surface area contributed by atoms with Crippen LogP contribution < -0.4 is 9.64 Å². The average molecular weight is 452 g/mol. The third-order valence-corrected chi connectivity index (χ3v) is 5.47. The van der Waals surface area contributed by atoms with Crippen LogP contribution in [0.15, 0.2) is 59.0 Å². The van der Waals surface area contributed by atoms with Crippen LogP contribution in [0.3, 0.4) is 0 Å². The quantitative estimate of drug-likeness (QED) is 0.408. The van der Waals surface area contributed by atoms with Crippen LogP contribution in [0.2, 0.25) is 0 Å². The number of nitro groups is 2. The van der Waals surface area contributed by atoms with Crippen LogP contribution in [0.5, 0.6) is 5.75 Å². The highest BCUT2D eigenvalue weighted by atomic mass is 16.6. The number of hydrogen-bond acceptors (Lipinski definition) is 8. The first-order chi connectivity index (χ1) is 15.9. The molecule has 33 heavy (non-hydrogen) atoms. The number of carbonyl (C=O) groups excluding carboxylic acids is 1. The van der Waals surface area contributed by atoms with Crippen molar-refractivity contribution in [2.75, 3.05) is 38.2 Å². The predicted molar refractivity (Wildman–Crippen MR) is 119 cm³/mol. The molecule has 3 aromatic rings. The van der Waals surface area contributed by atoms with Crippen LogP contribution >= 0.6 is 0 Å². The van der Waals surface area contributed by atoms with E-state index in [2.05, 4.69) is 0 Å². The molecular weight excluding hydrogens is 432 g/mol. The number of nitro benzene ring substituents is 2. The fourth-order valence-electron chi connectivity index (χ4n) is 3.79. The highest BCUT2D eigenvalue weighted by molar-refractivity contribution is 5.92. The summed E-state index contributed by atoms with van der Waals surface area (Å²) >= 11 is 0. The second kappa shape index (κ2) is 8.99. The topological polar surface area (TPSA) is 132 Å². The van der Waals surface area contributed by atoms with Gasteiger partial charge in [-0.3, -0.25) is 25.0 Å². The Balaban J connectivity index is 1.47. The molecule has 0 N–H and O–H groups in total. The molecule has 11 nitrogen and oxygen atoms in total. The molecule has 1 aliphatic rings. The number of para-hydroxylation sites is 1. The van der Waals surface area contributed by atoms with E-state index in [1.54, 1.807) is 35.2 Å². The number of carbonyl (C=O) groups is 1. The van der Waals surface area contributed by atoms with E-state index in [0.29, 0.717) is 37.6 Å². The minimum atomic E-state index is -0.503. The summed E-state index contributed by atoms with van der Waals surface area (Å²) in [4.78, 5) is 38.1. The molecule has 2 aromatic carbocycles. The van der Waals surface area contributed by atoms with Crippen molar-refractivity contribution in [3.8, 4) is 17.1 Å².